The fraction of sp³-hybridized carbons (Fsp3) is 0.0769. The summed E-state index contributed by atoms with van der Waals surface area (Å²) in [7, 11) is 0. The second-order valence-electron chi connectivity index (χ2n) is 3.83. The number of carboxylic acids is 1. The smallest absolute Gasteiger partial charge is 0.337 e. The molecule has 1 amide bonds. The zero-order valence-corrected chi connectivity index (χ0v) is 11.5. The van der Waals surface area contributed by atoms with Gasteiger partial charge in [0.15, 0.2) is 0 Å². The minimum absolute atomic E-state index is 0.0332. The number of thiophene rings is 1. The van der Waals surface area contributed by atoms with Crippen molar-refractivity contribution in [3.05, 3.63) is 50.7 Å². The highest BCUT2D eigenvalue weighted by Gasteiger charge is 2.17. The number of hydrogen-bond donors (Lipinski definition) is 2. The Morgan fingerprint density at radius 1 is 1.26 bits per heavy atom. The fourth-order valence-corrected chi connectivity index (χ4v) is 2.55. The predicted molar refractivity (Wildman–Crippen MR) is 75.4 cm³/mol. The maximum absolute atomic E-state index is 12.0. The van der Waals surface area contributed by atoms with Gasteiger partial charge in [0.05, 0.1) is 21.2 Å². The van der Waals surface area contributed by atoms with Gasteiger partial charge in [0, 0.05) is 4.88 Å². The topological polar surface area (TPSA) is 66.4 Å². The third-order valence-electron chi connectivity index (χ3n) is 2.45. The molecule has 0 saturated heterocycles. The lowest BCUT2D eigenvalue weighted by atomic mass is 10.1. The summed E-state index contributed by atoms with van der Waals surface area (Å²) in [5.41, 5.74) is 0.0850. The molecule has 1 aromatic carbocycles. The Morgan fingerprint density at radius 3 is 2.58 bits per heavy atom. The number of anilines is 1. The average molecular weight is 296 g/mol. The Bertz CT molecular complexity index is 651. The fourth-order valence-electron chi connectivity index (χ4n) is 1.56. The van der Waals surface area contributed by atoms with Crippen molar-refractivity contribution in [3.8, 4) is 0 Å². The van der Waals surface area contributed by atoms with Crippen LogP contribution in [-0.4, -0.2) is 17.0 Å². The molecule has 0 aliphatic carbocycles. The molecule has 0 aliphatic rings. The molecular weight excluding hydrogens is 286 g/mol. The van der Waals surface area contributed by atoms with Gasteiger partial charge >= 0.3 is 5.97 Å². The van der Waals surface area contributed by atoms with Crippen LogP contribution in [0.5, 0.6) is 0 Å². The van der Waals surface area contributed by atoms with Crippen LogP contribution in [0.25, 0.3) is 0 Å². The molecule has 2 N–H and O–H groups in total. The summed E-state index contributed by atoms with van der Waals surface area (Å²) >= 11 is 7.27. The number of benzene rings is 1. The van der Waals surface area contributed by atoms with Gasteiger partial charge in [0.25, 0.3) is 5.91 Å². The third-order valence-corrected chi connectivity index (χ3v) is 3.76. The molecule has 0 atom stereocenters. The highest BCUT2D eigenvalue weighted by atomic mass is 35.5. The molecule has 98 valence electrons. The van der Waals surface area contributed by atoms with Crippen LogP contribution in [0.4, 0.5) is 5.69 Å². The number of aromatic carboxylic acids is 1. The third kappa shape index (κ3) is 2.94. The van der Waals surface area contributed by atoms with E-state index in [1.54, 1.807) is 6.07 Å². The van der Waals surface area contributed by atoms with Crippen molar-refractivity contribution in [1.82, 2.24) is 0 Å². The first kappa shape index (κ1) is 13.6. The number of rotatable bonds is 3. The Balaban J connectivity index is 2.33. The number of halogens is 1. The Hall–Kier alpha value is -1.85. The van der Waals surface area contributed by atoms with Gasteiger partial charge < -0.3 is 10.4 Å². The largest absolute Gasteiger partial charge is 0.478 e. The normalized spacial score (nSPS) is 10.2. The van der Waals surface area contributed by atoms with Crippen molar-refractivity contribution in [2.75, 3.05) is 5.32 Å². The van der Waals surface area contributed by atoms with E-state index in [2.05, 4.69) is 5.32 Å². The monoisotopic (exact) mass is 295 g/mol. The number of carboxylic acid groups (broad SMARTS) is 1. The lowest BCUT2D eigenvalue weighted by Crippen LogP contribution is -2.14. The molecule has 1 aromatic heterocycles. The van der Waals surface area contributed by atoms with Gasteiger partial charge in [-0.1, -0.05) is 17.7 Å². The van der Waals surface area contributed by atoms with Crippen LogP contribution < -0.4 is 5.32 Å². The Morgan fingerprint density at radius 2 is 2.00 bits per heavy atom. The summed E-state index contributed by atoms with van der Waals surface area (Å²) in [4.78, 5) is 24.6. The number of aryl methyl sites for hydroxylation is 1. The Labute approximate surface area is 118 Å². The highest BCUT2D eigenvalue weighted by molar-refractivity contribution is 7.14. The first-order valence-electron chi connectivity index (χ1n) is 5.38. The van der Waals surface area contributed by atoms with Crippen LogP contribution in [0.1, 0.15) is 24.9 Å². The summed E-state index contributed by atoms with van der Waals surface area (Å²) in [6.07, 6.45) is 0. The predicted octanol–water partition coefficient (Wildman–Crippen LogP) is 3.66. The maximum atomic E-state index is 12.0. The van der Waals surface area contributed by atoms with Crippen molar-refractivity contribution < 1.29 is 14.7 Å². The number of carbonyl (C=O) groups is 2. The lowest BCUT2D eigenvalue weighted by Gasteiger charge is -2.09. The van der Waals surface area contributed by atoms with E-state index >= 15 is 0 Å². The zero-order chi connectivity index (χ0) is 14.0. The lowest BCUT2D eigenvalue weighted by molar-refractivity contribution is 0.0698. The van der Waals surface area contributed by atoms with Gasteiger partial charge in [-0.15, -0.1) is 11.3 Å². The molecule has 4 nitrogen and oxygen atoms in total. The summed E-state index contributed by atoms with van der Waals surface area (Å²) in [5, 5.41) is 11.8. The number of amides is 1. The van der Waals surface area contributed by atoms with E-state index in [-0.39, 0.29) is 22.2 Å². The molecule has 2 aromatic rings. The quantitative estimate of drug-likeness (QED) is 0.908. The minimum atomic E-state index is -1.14. The highest BCUT2D eigenvalue weighted by Crippen LogP contribution is 2.27. The van der Waals surface area contributed by atoms with Crippen LogP contribution in [0, 0.1) is 6.92 Å². The van der Waals surface area contributed by atoms with Gasteiger partial charge in [-0.2, -0.15) is 0 Å². The summed E-state index contributed by atoms with van der Waals surface area (Å²) in [6, 6.07) is 7.96. The van der Waals surface area contributed by atoms with Crippen LogP contribution >= 0.6 is 22.9 Å². The average Bonchev–Trinajstić information content (AvgIpc) is 2.78. The standard InChI is InChI=1S/C13H10ClNO3S/c1-7-5-6-10(19-7)12(16)15-11-8(13(17)18)3-2-4-9(11)14/h2-6H,1H3,(H,15,16)(H,17,18). The van der Waals surface area contributed by atoms with Crippen molar-refractivity contribution in [3.63, 3.8) is 0 Å². The molecular formula is C13H10ClNO3S. The number of carbonyl (C=O) groups excluding carboxylic acids is 1. The number of nitrogens with one attached hydrogen (secondary N) is 1. The maximum Gasteiger partial charge on any atom is 0.337 e. The number of para-hydroxylation sites is 1. The molecule has 6 heteroatoms. The van der Waals surface area contributed by atoms with Gasteiger partial charge in [-0.3, -0.25) is 4.79 Å². The molecule has 0 spiro atoms. The molecule has 0 bridgehead atoms. The molecule has 0 unspecified atom stereocenters. The minimum Gasteiger partial charge on any atom is -0.478 e. The van der Waals surface area contributed by atoms with E-state index < -0.39 is 5.97 Å². The molecule has 0 saturated carbocycles. The van der Waals surface area contributed by atoms with Gasteiger partial charge in [0.1, 0.15) is 0 Å². The van der Waals surface area contributed by atoms with Crippen LogP contribution in [0.15, 0.2) is 30.3 Å². The van der Waals surface area contributed by atoms with E-state index in [4.69, 9.17) is 16.7 Å². The Kier molecular flexibility index (Phi) is 3.87. The van der Waals surface area contributed by atoms with E-state index in [1.807, 2.05) is 13.0 Å². The SMILES string of the molecule is Cc1ccc(C(=O)Nc2c(Cl)cccc2C(=O)O)s1. The zero-order valence-electron chi connectivity index (χ0n) is 9.94. The van der Waals surface area contributed by atoms with Crippen LogP contribution in [0.2, 0.25) is 5.02 Å². The molecule has 2 rings (SSSR count). The first-order valence-corrected chi connectivity index (χ1v) is 6.58. The summed E-state index contributed by atoms with van der Waals surface area (Å²) in [5.74, 6) is -1.51. The molecule has 0 fully saturated rings. The molecule has 19 heavy (non-hydrogen) atoms. The van der Waals surface area contributed by atoms with Crippen LogP contribution in [0.3, 0.4) is 0 Å². The van der Waals surface area contributed by atoms with Gasteiger partial charge in [-0.25, -0.2) is 4.79 Å². The van der Waals surface area contributed by atoms with Crippen molar-refractivity contribution in [2.24, 2.45) is 0 Å². The van der Waals surface area contributed by atoms with E-state index in [9.17, 15) is 9.59 Å². The first-order chi connectivity index (χ1) is 8.99. The summed E-state index contributed by atoms with van der Waals surface area (Å²) < 4.78 is 0. The number of hydrogen-bond acceptors (Lipinski definition) is 3. The van der Waals surface area contributed by atoms with Crippen molar-refractivity contribution in [2.45, 2.75) is 6.92 Å². The van der Waals surface area contributed by atoms with E-state index in [0.717, 1.165) is 4.88 Å². The van der Waals surface area contributed by atoms with E-state index in [0.29, 0.717) is 4.88 Å². The molecule has 0 aliphatic heterocycles. The summed E-state index contributed by atoms with van der Waals surface area (Å²) in [6.45, 7) is 1.89. The molecule has 0 radical (unpaired) electrons. The van der Waals surface area contributed by atoms with Crippen molar-refractivity contribution >= 4 is 40.5 Å². The second-order valence-corrected chi connectivity index (χ2v) is 5.53. The van der Waals surface area contributed by atoms with Gasteiger partial charge in [0.2, 0.25) is 0 Å². The van der Waals surface area contributed by atoms with Crippen molar-refractivity contribution in [1.29, 1.82) is 0 Å². The second kappa shape index (κ2) is 5.42. The van der Waals surface area contributed by atoms with Gasteiger partial charge in [-0.05, 0) is 31.2 Å². The molecule has 1 heterocycles. The van der Waals surface area contributed by atoms with Crippen LogP contribution in [-0.2, 0) is 0 Å². The van der Waals surface area contributed by atoms with E-state index in [1.165, 1.54) is 29.5 Å².